The van der Waals surface area contributed by atoms with E-state index in [1.54, 1.807) is 12.1 Å². The zero-order chi connectivity index (χ0) is 9.26. The monoisotopic (exact) mass is 177 g/mol. The van der Waals surface area contributed by atoms with Gasteiger partial charge < -0.3 is 0 Å². The molecule has 2 rings (SSSR count). The summed E-state index contributed by atoms with van der Waals surface area (Å²) in [6.45, 7) is 0. The minimum absolute atomic E-state index is 0.286. The highest BCUT2D eigenvalue weighted by Gasteiger charge is 2.11. The maximum absolute atomic E-state index is 13.2. The second kappa shape index (κ2) is 3.13. The van der Waals surface area contributed by atoms with Gasteiger partial charge in [0.2, 0.25) is 0 Å². The molecular weight excluding hydrogens is 170 g/mol. The summed E-state index contributed by atoms with van der Waals surface area (Å²) in [5.74, 6) is -1.61. The molecule has 65 valence electrons. The van der Waals surface area contributed by atoms with Crippen molar-refractivity contribution in [3.63, 3.8) is 0 Å². The Bertz CT molecular complexity index is 389. The molecule has 13 heavy (non-hydrogen) atoms. The van der Waals surface area contributed by atoms with Crippen molar-refractivity contribution in [2.75, 3.05) is 0 Å². The van der Waals surface area contributed by atoms with Gasteiger partial charge in [0.25, 0.3) is 0 Å². The van der Waals surface area contributed by atoms with Crippen molar-refractivity contribution >= 4 is 5.57 Å². The predicted molar refractivity (Wildman–Crippen MR) is 46.8 cm³/mol. The highest BCUT2D eigenvalue weighted by Crippen LogP contribution is 2.24. The molecule has 0 amide bonds. The Morgan fingerprint density at radius 1 is 1.23 bits per heavy atom. The summed E-state index contributed by atoms with van der Waals surface area (Å²) in [5, 5.41) is 0. The molecule has 0 saturated heterocycles. The van der Waals surface area contributed by atoms with Gasteiger partial charge in [-0.05, 0) is 24.1 Å². The van der Waals surface area contributed by atoms with Crippen LogP contribution >= 0.6 is 0 Å². The van der Waals surface area contributed by atoms with E-state index in [2.05, 4.69) is 6.08 Å². The van der Waals surface area contributed by atoms with Gasteiger partial charge >= 0.3 is 0 Å². The number of hydrogen-bond donors (Lipinski definition) is 0. The first-order valence-corrected chi connectivity index (χ1v) is 4.01. The maximum atomic E-state index is 13.2. The largest absolute Gasteiger partial charge is 0.204 e. The Morgan fingerprint density at radius 2 is 2.08 bits per heavy atom. The summed E-state index contributed by atoms with van der Waals surface area (Å²) in [6.07, 6.45) is 7.22. The van der Waals surface area contributed by atoms with E-state index in [1.807, 2.05) is 6.08 Å². The molecule has 1 aromatic rings. The molecule has 1 radical (unpaired) electrons. The lowest BCUT2D eigenvalue weighted by molar-refractivity contribution is 0.506. The lowest BCUT2D eigenvalue weighted by atomic mass is 10.1. The average molecular weight is 177 g/mol. The fourth-order valence-electron chi connectivity index (χ4n) is 1.30. The standard InChI is InChI=1S/C11H7F2/c12-10-7-3-6-9(11(10)13)8-4-1-2-5-8/h1,3-4,6-7H,2H2. The van der Waals surface area contributed by atoms with E-state index in [0.29, 0.717) is 12.0 Å². The van der Waals surface area contributed by atoms with E-state index in [1.165, 1.54) is 6.07 Å². The fraction of sp³-hybridized carbons (Fsp3) is 0.0909. The van der Waals surface area contributed by atoms with Crippen molar-refractivity contribution in [2.24, 2.45) is 0 Å². The molecule has 0 bridgehead atoms. The molecule has 0 unspecified atom stereocenters. The molecule has 0 nitrogen and oxygen atoms in total. The molecular formula is C11H7F2. The van der Waals surface area contributed by atoms with E-state index in [0.717, 1.165) is 6.07 Å². The molecule has 2 heteroatoms. The van der Waals surface area contributed by atoms with E-state index >= 15 is 0 Å². The molecule has 1 aromatic carbocycles. The summed E-state index contributed by atoms with van der Waals surface area (Å²) >= 11 is 0. The maximum Gasteiger partial charge on any atom is 0.166 e. The first-order valence-electron chi connectivity index (χ1n) is 4.01. The van der Waals surface area contributed by atoms with Crippen molar-refractivity contribution < 1.29 is 8.78 Å². The smallest absolute Gasteiger partial charge is 0.166 e. The topological polar surface area (TPSA) is 0 Å². The lowest BCUT2D eigenvalue weighted by Crippen LogP contribution is -1.90. The third-order valence-electron chi connectivity index (χ3n) is 1.94. The van der Waals surface area contributed by atoms with Crippen LogP contribution in [0.3, 0.4) is 0 Å². The van der Waals surface area contributed by atoms with Gasteiger partial charge in [0.15, 0.2) is 11.6 Å². The van der Waals surface area contributed by atoms with Crippen LogP contribution in [0.5, 0.6) is 0 Å². The van der Waals surface area contributed by atoms with Gasteiger partial charge in [-0.1, -0.05) is 24.3 Å². The number of hydrogen-bond acceptors (Lipinski definition) is 0. The Hall–Kier alpha value is -1.44. The molecule has 0 saturated carbocycles. The SMILES string of the molecule is Fc1cccc(C2=[C]CC=C2)c1F. The van der Waals surface area contributed by atoms with Crippen LogP contribution in [0, 0.1) is 17.7 Å². The van der Waals surface area contributed by atoms with Gasteiger partial charge in [-0.2, -0.15) is 0 Å². The van der Waals surface area contributed by atoms with Crippen molar-refractivity contribution in [3.8, 4) is 0 Å². The lowest BCUT2D eigenvalue weighted by Gasteiger charge is -2.01. The van der Waals surface area contributed by atoms with Crippen molar-refractivity contribution in [2.45, 2.75) is 6.42 Å². The molecule has 0 heterocycles. The molecule has 0 atom stereocenters. The van der Waals surface area contributed by atoms with E-state index < -0.39 is 11.6 Å². The van der Waals surface area contributed by atoms with Gasteiger partial charge in [-0.25, -0.2) is 8.78 Å². The second-order valence-electron chi connectivity index (χ2n) is 2.80. The van der Waals surface area contributed by atoms with Crippen molar-refractivity contribution in [1.29, 1.82) is 0 Å². The van der Waals surface area contributed by atoms with Gasteiger partial charge in [0.1, 0.15) is 0 Å². The van der Waals surface area contributed by atoms with Crippen molar-refractivity contribution in [1.82, 2.24) is 0 Å². The highest BCUT2D eigenvalue weighted by molar-refractivity contribution is 5.74. The van der Waals surface area contributed by atoms with Gasteiger partial charge in [-0.3, -0.25) is 0 Å². The number of allylic oxidation sites excluding steroid dienone is 4. The first kappa shape index (κ1) is 8.17. The van der Waals surface area contributed by atoms with Crippen LogP contribution in [0.15, 0.2) is 30.4 Å². The Balaban J connectivity index is 2.51. The Labute approximate surface area is 75.2 Å². The molecule has 1 aliphatic rings. The third-order valence-corrected chi connectivity index (χ3v) is 1.94. The van der Waals surface area contributed by atoms with Crippen LogP contribution < -0.4 is 0 Å². The molecule has 0 aliphatic heterocycles. The van der Waals surface area contributed by atoms with Gasteiger partial charge in [-0.15, -0.1) is 0 Å². The fourth-order valence-corrected chi connectivity index (χ4v) is 1.30. The third kappa shape index (κ3) is 1.39. The number of halogens is 2. The molecule has 0 spiro atoms. The summed E-state index contributed by atoms with van der Waals surface area (Å²) in [7, 11) is 0. The van der Waals surface area contributed by atoms with Crippen molar-refractivity contribution in [3.05, 3.63) is 53.6 Å². The number of benzene rings is 1. The summed E-state index contributed by atoms with van der Waals surface area (Å²) in [4.78, 5) is 0. The summed E-state index contributed by atoms with van der Waals surface area (Å²) in [6, 6.07) is 4.16. The summed E-state index contributed by atoms with van der Waals surface area (Å²) < 4.78 is 26.0. The highest BCUT2D eigenvalue weighted by atomic mass is 19.2. The van der Waals surface area contributed by atoms with Crippen LogP contribution in [0.25, 0.3) is 5.57 Å². The van der Waals surface area contributed by atoms with Crippen LogP contribution in [0.4, 0.5) is 8.78 Å². The zero-order valence-corrected chi connectivity index (χ0v) is 6.85. The normalized spacial score (nSPS) is 14.8. The molecule has 1 aliphatic carbocycles. The quantitative estimate of drug-likeness (QED) is 0.618. The van der Waals surface area contributed by atoms with Crippen LogP contribution in [0.2, 0.25) is 0 Å². The molecule has 0 fully saturated rings. The Morgan fingerprint density at radius 3 is 2.77 bits per heavy atom. The van der Waals surface area contributed by atoms with Gasteiger partial charge in [0, 0.05) is 5.56 Å². The average Bonchev–Trinajstić information content (AvgIpc) is 2.62. The zero-order valence-electron chi connectivity index (χ0n) is 6.85. The van der Waals surface area contributed by atoms with Crippen LogP contribution in [-0.4, -0.2) is 0 Å². The second-order valence-corrected chi connectivity index (χ2v) is 2.80. The first-order chi connectivity index (χ1) is 6.29. The minimum Gasteiger partial charge on any atom is -0.204 e. The van der Waals surface area contributed by atoms with E-state index in [9.17, 15) is 8.78 Å². The van der Waals surface area contributed by atoms with Crippen LogP contribution in [-0.2, 0) is 0 Å². The minimum atomic E-state index is -0.813. The molecule has 0 N–H and O–H groups in total. The Kier molecular flexibility index (Phi) is 1.97. The van der Waals surface area contributed by atoms with E-state index in [-0.39, 0.29) is 5.56 Å². The predicted octanol–water partition coefficient (Wildman–Crippen LogP) is 3.11. The summed E-state index contributed by atoms with van der Waals surface area (Å²) in [5.41, 5.74) is 0.922. The van der Waals surface area contributed by atoms with E-state index in [4.69, 9.17) is 0 Å². The van der Waals surface area contributed by atoms with Gasteiger partial charge in [0.05, 0.1) is 0 Å². The number of rotatable bonds is 1. The van der Waals surface area contributed by atoms with Crippen LogP contribution in [0.1, 0.15) is 12.0 Å². The molecule has 0 aromatic heterocycles.